The molecule has 1 N–H and O–H groups in total. The van der Waals surface area contributed by atoms with Crippen molar-refractivity contribution < 1.29 is 14.7 Å². The second-order valence-electron chi connectivity index (χ2n) is 4.20. The predicted molar refractivity (Wildman–Crippen MR) is 72.4 cm³/mol. The maximum atomic E-state index is 11.9. The van der Waals surface area contributed by atoms with Gasteiger partial charge in [0.2, 0.25) is 0 Å². The molecule has 1 amide bonds. The lowest BCUT2D eigenvalue weighted by atomic mass is 10.2. The molecule has 0 fully saturated rings. The van der Waals surface area contributed by atoms with Crippen LogP contribution in [0.15, 0.2) is 30.3 Å². The number of amides is 1. The minimum absolute atomic E-state index is 0.145. The van der Waals surface area contributed by atoms with E-state index in [0.29, 0.717) is 6.42 Å². The van der Waals surface area contributed by atoms with Crippen molar-refractivity contribution in [3.63, 3.8) is 0 Å². The molecule has 1 aromatic carbocycles. The van der Waals surface area contributed by atoms with Crippen LogP contribution in [0.3, 0.4) is 0 Å². The van der Waals surface area contributed by atoms with Crippen LogP contribution in [0.25, 0.3) is 0 Å². The average Bonchev–Trinajstić information content (AvgIpc) is 2.42. The number of carbonyl (C=O) groups is 2. The number of hydrogen-bond acceptors (Lipinski definition) is 2. The van der Waals surface area contributed by atoms with Crippen molar-refractivity contribution in [2.24, 2.45) is 0 Å². The van der Waals surface area contributed by atoms with Gasteiger partial charge in [-0.05, 0) is 25.5 Å². The van der Waals surface area contributed by atoms with Crippen LogP contribution in [-0.2, 0) is 9.59 Å². The predicted octanol–water partition coefficient (Wildman–Crippen LogP) is 1.75. The Hall–Kier alpha value is -2.28. The summed E-state index contributed by atoms with van der Waals surface area (Å²) in [6.45, 7) is 3.39. The molecule has 100 valence electrons. The van der Waals surface area contributed by atoms with Gasteiger partial charge in [-0.1, -0.05) is 31.0 Å². The maximum Gasteiger partial charge on any atom is 0.323 e. The van der Waals surface area contributed by atoms with Crippen LogP contribution < -0.4 is 0 Å². The van der Waals surface area contributed by atoms with E-state index in [1.54, 1.807) is 12.1 Å². The van der Waals surface area contributed by atoms with Gasteiger partial charge in [0.15, 0.2) is 0 Å². The summed E-state index contributed by atoms with van der Waals surface area (Å²) in [5, 5.41) is 8.82. The Bertz CT molecular complexity index is 499. The number of carbonyl (C=O) groups excluding carboxylic acids is 1. The van der Waals surface area contributed by atoms with Gasteiger partial charge >= 0.3 is 5.97 Å². The second-order valence-corrected chi connectivity index (χ2v) is 4.20. The number of aliphatic carboxylic acids is 1. The minimum atomic E-state index is -1.03. The minimum Gasteiger partial charge on any atom is -0.480 e. The van der Waals surface area contributed by atoms with Gasteiger partial charge in [0.1, 0.15) is 6.54 Å². The smallest absolute Gasteiger partial charge is 0.323 e. The van der Waals surface area contributed by atoms with Crippen LogP contribution >= 0.6 is 0 Å². The van der Waals surface area contributed by atoms with E-state index >= 15 is 0 Å². The highest BCUT2D eigenvalue weighted by Gasteiger charge is 2.19. The van der Waals surface area contributed by atoms with Crippen LogP contribution in [0.5, 0.6) is 0 Å². The first-order valence-corrected chi connectivity index (χ1v) is 6.14. The zero-order valence-corrected chi connectivity index (χ0v) is 11.1. The molecule has 0 saturated carbocycles. The van der Waals surface area contributed by atoms with Crippen LogP contribution in [0, 0.1) is 11.8 Å². The van der Waals surface area contributed by atoms with Gasteiger partial charge in [0.05, 0.1) is 0 Å². The standard InChI is InChI=1S/C15H17NO3/c1-3-12(2)16(11-15(18)19)14(17)10-9-13-7-5-4-6-8-13/h4-8,12H,3,11H2,1-2H3,(H,18,19). The molecule has 0 radical (unpaired) electrons. The Balaban J connectivity index is 2.83. The molecule has 0 spiro atoms. The highest BCUT2D eigenvalue weighted by Crippen LogP contribution is 2.04. The van der Waals surface area contributed by atoms with Gasteiger partial charge < -0.3 is 10.0 Å². The molecule has 1 aromatic rings. The average molecular weight is 259 g/mol. The Labute approximate surface area is 113 Å². The van der Waals surface area contributed by atoms with Crippen LogP contribution in [0.2, 0.25) is 0 Å². The van der Waals surface area contributed by atoms with E-state index < -0.39 is 11.9 Å². The lowest BCUT2D eigenvalue weighted by molar-refractivity contribution is -0.143. The molecular weight excluding hydrogens is 242 g/mol. The summed E-state index contributed by atoms with van der Waals surface area (Å²) in [5.74, 6) is 3.75. The van der Waals surface area contributed by atoms with Gasteiger partial charge in [-0.3, -0.25) is 9.59 Å². The van der Waals surface area contributed by atoms with Crippen molar-refractivity contribution in [1.29, 1.82) is 0 Å². The number of carboxylic acid groups (broad SMARTS) is 1. The summed E-state index contributed by atoms with van der Waals surface area (Å²) in [5.41, 5.74) is 0.732. The number of benzene rings is 1. The monoisotopic (exact) mass is 259 g/mol. The van der Waals surface area contributed by atoms with Crippen LogP contribution in [0.1, 0.15) is 25.8 Å². The van der Waals surface area contributed by atoms with E-state index in [4.69, 9.17) is 5.11 Å². The molecule has 0 aliphatic heterocycles. The third kappa shape index (κ3) is 4.84. The number of carboxylic acids is 1. The summed E-state index contributed by atoms with van der Waals surface area (Å²) < 4.78 is 0. The summed E-state index contributed by atoms with van der Waals surface area (Å²) in [7, 11) is 0. The molecule has 0 bridgehead atoms. The molecule has 1 unspecified atom stereocenters. The van der Waals surface area contributed by atoms with Crippen molar-refractivity contribution in [1.82, 2.24) is 4.90 Å². The fraction of sp³-hybridized carbons (Fsp3) is 0.333. The number of nitrogens with zero attached hydrogens (tertiary/aromatic N) is 1. The summed E-state index contributed by atoms with van der Waals surface area (Å²) in [4.78, 5) is 24.0. The van der Waals surface area contributed by atoms with Gasteiger partial charge in [0, 0.05) is 17.5 Å². The van der Waals surface area contributed by atoms with Crippen LogP contribution in [0.4, 0.5) is 0 Å². The number of hydrogen-bond donors (Lipinski definition) is 1. The molecular formula is C15H17NO3. The molecule has 19 heavy (non-hydrogen) atoms. The van der Waals surface area contributed by atoms with Crippen molar-refractivity contribution >= 4 is 11.9 Å². The number of rotatable bonds is 4. The Morgan fingerprint density at radius 2 is 1.95 bits per heavy atom. The topological polar surface area (TPSA) is 57.6 Å². The van der Waals surface area contributed by atoms with E-state index in [9.17, 15) is 9.59 Å². The van der Waals surface area contributed by atoms with Crippen molar-refractivity contribution in [2.45, 2.75) is 26.3 Å². The highest BCUT2D eigenvalue weighted by molar-refractivity contribution is 5.96. The van der Waals surface area contributed by atoms with E-state index in [2.05, 4.69) is 11.8 Å². The van der Waals surface area contributed by atoms with Crippen molar-refractivity contribution in [2.75, 3.05) is 6.54 Å². The van der Waals surface area contributed by atoms with E-state index in [-0.39, 0.29) is 12.6 Å². The molecule has 0 saturated heterocycles. The lowest BCUT2D eigenvalue weighted by Crippen LogP contribution is -2.41. The molecule has 0 aliphatic carbocycles. The fourth-order valence-electron chi connectivity index (χ4n) is 1.51. The second kappa shape index (κ2) is 7.22. The molecule has 4 heteroatoms. The first kappa shape index (κ1) is 14.8. The Kier molecular flexibility index (Phi) is 5.62. The zero-order chi connectivity index (χ0) is 14.3. The zero-order valence-electron chi connectivity index (χ0n) is 11.1. The lowest BCUT2D eigenvalue weighted by Gasteiger charge is -2.24. The Morgan fingerprint density at radius 3 is 2.47 bits per heavy atom. The largest absolute Gasteiger partial charge is 0.480 e. The first-order chi connectivity index (χ1) is 9.04. The molecule has 4 nitrogen and oxygen atoms in total. The molecule has 0 aromatic heterocycles. The quantitative estimate of drug-likeness (QED) is 0.838. The molecule has 1 atom stereocenters. The summed E-state index contributed by atoms with van der Waals surface area (Å²) in [6, 6.07) is 8.98. The fourth-order valence-corrected chi connectivity index (χ4v) is 1.51. The van der Waals surface area contributed by atoms with E-state index in [1.807, 2.05) is 32.0 Å². The third-order valence-corrected chi connectivity index (χ3v) is 2.78. The van der Waals surface area contributed by atoms with Crippen molar-refractivity contribution in [3.8, 4) is 11.8 Å². The van der Waals surface area contributed by atoms with Gasteiger partial charge in [-0.15, -0.1) is 0 Å². The van der Waals surface area contributed by atoms with Crippen LogP contribution in [-0.4, -0.2) is 34.5 Å². The Morgan fingerprint density at radius 1 is 1.32 bits per heavy atom. The van der Waals surface area contributed by atoms with E-state index in [0.717, 1.165) is 5.56 Å². The summed E-state index contributed by atoms with van der Waals surface area (Å²) in [6.07, 6.45) is 0.687. The van der Waals surface area contributed by atoms with Crippen molar-refractivity contribution in [3.05, 3.63) is 35.9 Å². The normalized spacial score (nSPS) is 11.1. The maximum absolute atomic E-state index is 11.9. The SMILES string of the molecule is CCC(C)N(CC(=O)O)C(=O)C#Cc1ccccc1. The van der Waals surface area contributed by atoms with Gasteiger partial charge in [0.25, 0.3) is 5.91 Å². The van der Waals surface area contributed by atoms with E-state index in [1.165, 1.54) is 4.90 Å². The summed E-state index contributed by atoms with van der Waals surface area (Å²) >= 11 is 0. The highest BCUT2D eigenvalue weighted by atomic mass is 16.4. The molecule has 0 aliphatic rings. The van der Waals surface area contributed by atoms with Gasteiger partial charge in [-0.25, -0.2) is 0 Å². The molecule has 1 rings (SSSR count). The molecule has 0 heterocycles. The third-order valence-electron chi connectivity index (χ3n) is 2.78. The first-order valence-electron chi connectivity index (χ1n) is 6.14. The van der Waals surface area contributed by atoms with Gasteiger partial charge in [-0.2, -0.15) is 0 Å².